The Morgan fingerprint density at radius 1 is 1.43 bits per heavy atom. The van der Waals surface area contributed by atoms with Gasteiger partial charge < -0.3 is 5.11 Å². The first-order valence-electron chi connectivity index (χ1n) is 6.84. The summed E-state index contributed by atoms with van der Waals surface area (Å²) >= 11 is 4.85. The third kappa shape index (κ3) is 2.95. The second kappa shape index (κ2) is 5.83. The summed E-state index contributed by atoms with van der Waals surface area (Å²) in [4.78, 5) is 18.1. The SMILES string of the molecule is CC1(C)CC(=O)c2c(SCCO)sc(-c3nccs3)c2C1. The molecule has 6 heteroatoms. The minimum absolute atomic E-state index is 0.0100. The predicted octanol–water partition coefficient (Wildman–Crippen LogP) is 4.11. The van der Waals surface area contributed by atoms with E-state index in [1.807, 2.05) is 11.6 Å². The molecule has 1 aliphatic carbocycles. The molecule has 0 radical (unpaired) electrons. The molecule has 0 aromatic carbocycles. The summed E-state index contributed by atoms with van der Waals surface area (Å²) in [5.41, 5.74) is 2.07. The van der Waals surface area contributed by atoms with Gasteiger partial charge in [-0.2, -0.15) is 0 Å². The van der Waals surface area contributed by atoms with Crippen LogP contribution in [-0.2, 0) is 6.42 Å². The van der Waals surface area contributed by atoms with Gasteiger partial charge in [0, 0.05) is 29.3 Å². The van der Waals surface area contributed by atoms with Gasteiger partial charge >= 0.3 is 0 Å². The number of thiazole rings is 1. The molecule has 0 bridgehead atoms. The Morgan fingerprint density at radius 3 is 2.90 bits per heavy atom. The van der Waals surface area contributed by atoms with E-state index in [0.29, 0.717) is 12.2 Å². The Labute approximate surface area is 136 Å². The van der Waals surface area contributed by atoms with E-state index in [2.05, 4.69) is 18.8 Å². The number of aromatic nitrogens is 1. The Balaban J connectivity index is 2.12. The van der Waals surface area contributed by atoms with Crippen LogP contribution in [0.5, 0.6) is 0 Å². The largest absolute Gasteiger partial charge is 0.396 e. The van der Waals surface area contributed by atoms with Crippen LogP contribution in [0.25, 0.3) is 9.88 Å². The maximum absolute atomic E-state index is 12.6. The lowest BCUT2D eigenvalue weighted by Gasteiger charge is -2.29. The lowest BCUT2D eigenvalue weighted by molar-refractivity contribution is 0.0910. The average molecular weight is 340 g/mol. The van der Waals surface area contributed by atoms with Gasteiger partial charge in [-0.05, 0) is 17.4 Å². The van der Waals surface area contributed by atoms with Crippen LogP contribution in [0.1, 0.15) is 36.2 Å². The van der Waals surface area contributed by atoms with Crippen molar-refractivity contribution in [1.29, 1.82) is 0 Å². The predicted molar refractivity (Wildman–Crippen MR) is 89.7 cm³/mol. The zero-order valence-electron chi connectivity index (χ0n) is 12.0. The van der Waals surface area contributed by atoms with Crippen molar-refractivity contribution in [1.82, 2.24) is 4.98 Å². The van der Waals surface area contributed by atoms with Crippen molar-refractivity contribution >= 4 is 40.2 Å². The van der Waals surface area contributed by atoms with Gasteiger partial charge in [0.25, 0.3) is 0 Å². The van der Waals surface area contributed by atoms with Crippen molar-refractivity contribution < 1.29 is 9.90 Å². The smallest absolute Gasteiger partial charge is 0.165 e. The molecule has 0 saturated heterocycles. The number of aliphatic hydroxyl groups is 1. The van der Waals surface area contributed by atoms with E-state index in [-0.39, 0.29) is 17.8 Å². The van der Waals surface area contributed by atoms with Crippen molar-refractivity contribution in [2.24, 2.45) is 5.41 Å². The number of carbonyl (C=O) groups is 1. The third-order valence-electron chi connectivity index (χ3n) is 3.50. The second-order valence-corrected chi connectivity index (χ2v) is 9.20. The number of rotatable bonds is 4. The Bertz CT molecular complexity index is 659. The molecule has 2 heterocycles. The van der Waals surface area contributed by atoms with E-state index in [0.717, 1.165) is 31.6 Å². The number of Topliss-reactive ketones (excluding diaryl/α,β-unsaturated/α-hetero) is 1. The highest BCUT2D eigenvalue weighted by Crippen LogP contribution is 2.48. The Kier molecular flexibility index (Phi) is 4.23. The second-order valence-electron chi connectivity index (χ2n) is 5.92. The van der Waals surface area contributed by atoms with E-state index in [9.17, 15) is 4.79 Å². The molecule has 0 fully saturated rings. The summed E-state index contributed by atoms with van der Waals surface area (Å²) in [5, 5.41) is 12.0. The fourth-order valence-corrected chi connectivity index (χ4v) is 5.93. The van der Waals surface area contributed by atoms with Crippen molar-refractivity contribution in [2.75, 3.05) is 12.4 Å². The minimum atomic E-state index is 0.0100. The molecule has 0 amide bonds. The highest BCUT2D eigenvalue weighted by Gasteiger charge is 2.36. The van der Waals surface area contributed by atoms with E-state index in [4.69, 9.17) is 5.11 Å². The van der Waals surface area contributed by atoms with Crippen LogP contribution in [-0.4, -0.2) is 28.2 Å². The third-order valence-corrected chi connectivity index (χ3v) is 6.91. The monoisotopic (exact) mass is 339 g/mol. The van der Waals surface area contributed by atoms with Crippen LogP contribution >= 0.6 is 34.4 Å². The Hall–Kier alpha value is -0.690. The van der Waals surface area contributed by atoms with Gasteiger partial charge in [0.1, 0.15) is 5.01 Å². The minimum Gasteiger partial charge on any atom is -0.396 e. The van der Waals surface area contributed by atoms with Crippen LogP contribution in [0.3, 0.4) is 0 Å². The molecule has 1 N–H and O–H groups in total. The van der Waals surface area contributed by atoms with Crippen molar-refractivity contribution in [2.45, 2.75) is 30.9 Å². The van der Waals surface area contributed by atoms with Gasteiger partial charge in [-0.15, -0.1) is 34.4 Å². The number of thiophene rings is 1. The van der Waals surface area contributed by atoms with Crippen LogP contribution in [0.4, 0.5) is 0 Å². The summed E-state index contributed by atoms with van der Waals surface area (Å²) in [6, 6.07) is 0. The van der Waals surface area contributed by atoms with Crippen molar-refractivity contribution in [3.63, 3.8) is 0 Å². The van der Waals surface area contributed by atoms with E-state index < -0.39 is 0 Å². The quantitative estimate of drug-likeness (QED) is 0.852. The molecule has 0 aliphatic heterocycles. The number of aliphatic hydroxyl groups excluding tert-OH is 1. The fourth-order valence-electron chi connectivity index (χ4n) is 2.71. The van der Waals surface area contributed by atoms with E-state index in [1.54, 1.807) is 34.4 Å². The van der Waals surface area contributed by atoms with Gasteiger partial charge in [0.2, 0.25) is 0 Å². The molecule has 0 unspecified atom stereocenters. The molecule has 0 saturated carbocycles. The van der Waals surface area contributed by atoms with Gasteiger partial charge in [0.05, 0.1) is 15.7 Å². The summed E-state index contributed by atoms with van der Waals surface area (Å²) in [7, 11) is 0. The fraction of sp³-hybridized carbons (Fsp3) is 0.467. The van der Waals surface area contributed by atoms with Crippen LogP contribution in [0.15, 0.2) is 15.8 Å². The number of hydrogen-bond acceptors (Lipinski definition) is 6. The Morgan fingerprint density at radius 2 is 2.24 bits per heavy atom. The zero-order valence-corrected chi connectivity index (χ0v) is 14.5. The molecule has 0 atom stereocenters. The van der Waals surface area contributed by atoms with Gasteiger partial charge in [-0.25, -0.2) is 4.98 Å². The average Bonchev–Trinajstić information content (AvgIpc) is 3.01. The molecule has 21 heavy (non-hydrogen) atoms. The van der Waals surface area contributed by atoms with Crippen LogP contribution in [0, 0.1) is 5.41 Å². The topological polar surface area (TPSA) is 50.2 Å². The molecular formula is C15H17NO2S3. The number of carbonyl (C=O) groups excluding carboxylic acids is 1. The zero-order chi connectivity index (χ0) is 15.0. The molecule has 2 aromatic heterocycles. The first kappa shape index (κ1) is 15.2. The van der Waals surface area contributed by atoms with Crippen LogP contribution in [0.2, 0.25) is 0 Å². The standard InChI is InChI=1S/C15H17NO2S3/c1-15(2)7-9-11(10(18)8-15)14(20-6-4-17)21-12(9)13-16-3-5-19-13/h3,5,17H,4,6-8H2,1-2H3. The van der Waals surface area contributed by atoms with Crippen molar-refractivity contribution in [3.8, 4) is 9.88 Å². The number of fused-ring (bicyclic) bond motifs is 1. The summed E-state index contributed by atoms with van der Waals surface area (Å²) in [5.74, 6) is 0.863. The maximum Gasteiger partial charge on any atom is 0.165 e. The molecule has 0 spiro atoms. The summed E-state index contributed by atoms with van der Waals surface area (Å²) < 4.78 is 1.05. The van der Waals surface area contributed by atoms with Gasteiger partial charge in [0.15, 0.2) is 5.78 Å². The molecular weight excluding hydrogens is 322 g/mol. The number of thioether (sulfide) groups is 1. The molecule has 1 aliphatic rings. The highest BCUT2D eigenvalue weighted by molar-refractivity contribution is 8.01. The maximum atomic E-state index is 12.6. The molecule has 3 nitrogen and oxygen atoms in total. The van der Waals surface area contributed by atoms with E-state index in [1.165, 1.54) is 0 Å². The summed E-state index contributed by atoms with van der Waals surface area (Å²) in [6.45, 7) is 4.43. The highest BCUT2D eigenvalue weighted by atomic mass is 32.2. The van der Waals surface area contributed by atoms with Gasteiger partial charge in [-0.3, -0.25) is 4.79 Å². The van der Waals surface area contributed by atoms with E-state index >= 15 is 0 Å². The summed E-state index contributed by atoms with van der Waals surface area (Å²) in [6.07, 6.45) is 3.32. The molecule has 2 aromatic rings. The van der Waals surface area contributed by atoms with Crippen molar-refractivity contribution in [3.05, 3.63) is 22.7 Å². The molecule has 3 rings (SSSR count). The van der Waals surface area contributed by atoms with Crippen LogP contribution < -0.4 is 0 Å². The van der Waals surface area contributed by atoms with Gasteiger partial charge in [-0.1, -0.05) is 13.8 Å². The lowest BCUT2D eigenvalue weighted by atomic mass is 9.74. The number of nitrogens with zero attached hydrogens (tertiary/aromatic N) is 1. The normalized spacial score (nSPS) is 17.0. The first-order valence-corrected chi connectivity index (χ1v) is 9.52. The lowest BCUT2D eigenvalue weighted by Crippen LogP contribution is -2.26. The molecule has 112 valence electrons. The number of ketones is 1. The number of hydrogen-bond donors (Lipinski definition) is 1. The first-order chi connectivity index (χ1) is 10.0.